The molecule has 0 aromatic heterocycles. The van der Waals surface area contributed by atoms with Gasteiger partial charge in [-0.25, -0.2) is 0 Å². The lowest BCUT2D eigenvalue weighted by atomic mass is 9.88. The van der Waals surface area contributed by atoms with Crippen molar-refractivity contribution in [2.24, 2.45) is 17.6 Å². The Morgan fingerprint density at radius 2 is 1.94 bits per heavy atom. The Hall–Kier alpha value is -0.640. The van der Waals surface area contributed by atoms with Gasteiger partial charge < -0.3 is 11.1 Å². The summed E-state index contributed by atoms with van der Waals surface area (Å²) in [4.78, 5) is 12.5. The zero-order chi connectivity index (χ0) is 12.8. The van der Waals surface area contributed by atoms with Crippen molar-refractivity contribution in [3.8, 4) is 0 Å². The highest BCUT2D eigenvalue weighted by molar-refractivity contribution is 7.80. The molecule has 0 spiro atoms. The maximum absolute atomic E-state index is 12.1. The molecule has 17 heavy (non-hydrogen) atoms. The van der Waals surface area contributed by atoms with Crippen LogP contribution in [0.15, 0.2) is 0 Å². The monoisotopic (exact) mass is 256 g/mol. The van der Waals surface area contributed by atoms with E-state index < -0.39 is 0 Å². The van der Waals surface area contributed by atoms with Crippen LogP contribution in [0, 0.1) is 11.8 Å². The van der Waals surface area contributed by atoms with Gasteiger partial charge in [-0.05, 0) is 25.2 Å². The quantitative estimate of drug-likeness (QED) is 0.743. The van der Waals surface area contributed by atoms with E-state index in [1.54, 1.807) is 0 Å². The summed E-state index contributed by atoms with van der Waals surface area (Å²) in [6.07, 6.45) is 6.44. The maximum atomic E-state index is 12.1. The van der Waals surface area contributed by atoms with E-state index in [9.17, 15) is 4.79 Å². The van der Waals surface area contributed by atoms with Crippen LogP contribution in [0.4, 0.5) is 0 Å². The van der Waals surface area contributed by atoms with E-state index in [1.807, 2.05) is 0 Å². The molecule has 0 aromatic rings. The van der Waals surface area contributed by atoms with Crippen molar-refractivity contribution < 1.29 is 4.79 Å². The van der Waals surface area contributed by atoms with Crippen LogP contribution >= 0.6 is 12.2 Å². The van der Waals surface area contributed by atoms with Crippen LogP contribution in [0.25, 0.3) is 0 Å². The molecule has 0 bridgehead atoms. The molecule has 0 aromatic carbocycles. The first-order chi connectivity index (χ1) is 8.00. The minimum absolute atomic E-state index is 0.139. The first kappa shape index (κ1) is 14.4. The third-order valence-electron chi connectivity index (χ3n) is 3.34. The van der Waals surface area contributed by atoms with E-state index in [0.29, 0.717) is 10.9 Å². The van der Waals surface area contributed by atoms with Gasteiger partial charge >= 0.3 is 0 Å². The average Bonchev–Trinajstić information content (AvgIpc) is 2.28. The number of hydrogen-bond donors (Lipinski definition) is 2. The Bertz CT molecular complexity index is 273. The van der Waals surface area contributed by atoms with Crippen molar-refractivity contribution in [2.45, 2.75) is 58.4 Å². The number of nitrogens with two attached hydrogens (primary N) is 1. The lowest BCUT2D eigenvalue weighted by molar-refractivity contribution is -0.126. The fraction of sp³-hybridized carbons (Fsp3) is 0.846. The lowest BCUT2D eigenvalue weighted by Gasteiger charge is -2.25. The second-order valence-electron chi connectivity index (χ2n) is 5.43. The van der Waals surface area contributed by atoms with Gasteiger partial charge in [-0.2, -0.15) is 0 Å². The summed E-state index contributed by atoms with van der Waals surface area (Å²) in [5, 5.41) is 3.01. The summed E-state index contributed by atoms with van der Waals surface area (Å²) >= 11 is 5.02. The molecule has 1 fully saturated rings. The minimum atomic E-state index is -0.139. The largest absolute Gasteiger partial charge is 0.392 e. The highest BCUT2D eigenvalue weighted by Gasteiger charge is 2.24. The average molecular weight is 256 g/mol. The standard InChI is InChI=1S/C13H24N2OS/c1-9(2)8-11(12(14)17)15-13(16)10-6-4-3-5-7-10/h9-11H,3-8H2,1-2H3,(H2,14,17)(H,15,16). The van der Waals surface area contributed by atoms with E-state index in [4.69, 9.17) is 18.0 Å². The molecule has 1 unspecified atom stereocenters. The van der Waals surface area contributed by atoms with Gasteiger partial charge in [0.1, 0.15) is 0 Å². The SMILES string of the molecule is CC(C)CC(NC(=O)C1CCCCC1)C(N)=S. The normalized spacial score (nSPS) is 19.0. The Balaban J connectivity index is 2.47. The Morgan fingerprint density at radius 3 is 2.41 bits per heavy atom. The molecule has 3 nitrogen and oxygen atoms in total. The summed E-state index contributed by atoms with van der Waals surface area (Å²) in [7, 11) is 0. The molecule has 1 amide bonds. The molecule has 1 rings (SSSR count). The van der Waals surface area contributed by atoms with Gasteiger partial charge in [-0.1, -0.05) is 45.3 Å². The van der Waals surface area contributed by atoms with Crippen LogP contribution in [-0.2, 0) is 4.79 Å². The van der Waals surface area contributed by atoms with E-state index in [1.165, 1.54) is 19.3 Å². The van der Waals surface area contributed by atoms with Crippen LogP contribution in [-0.4, -0.2) is 16.9 Å². The maximum Gasteiger partial charge on any atom is 0.223 e. The highest BCUT2D eigenvalue weighted by atomic mass is 32.1. The van der Waals surface area contributed by atoms with Crippen molar-refractivity contribution in [3.05, 3.63) is 0 Å². The highest BCUT2D eigenvalue weighted by Crippen LogP contribution is 2.24. The molecule has 98 valence electrons. The van der Waals surface area contributed by atoms with Crippen molar-refractivity contribution >= 4 is 23.1 Å². The first-order valence-corrected chi connectivity index (χ1v) is 7.01. The van der Waals surface area contributed by atoms with Gasteiger partial charge in [-0.15, -0.1) is 0 Å². The molecule has 1 saturated carbocycles. The summed E-state index contributed by atoms with van der Waals surface area (Å²) in [5.74, 6) is 0.795. The van der Waals surface area contributed by atoms with Gasteiger partial charge in [0.15, 0.2) is 0 Å². The topological polar surface area (TPSA) is 55.1 Å². The molecule has 1 aliphatic carbocycles. The number of rotatable bonds is 5. The second kappa shape index (κ2) is 6.94. The molecule has 0 saturated heterocycles. The molecule has 1 aliphatic rings. The Kier molecular flexibility index (Phi) is 5.89. The smallest absolute Gasteiger partial charge is 0.223 e. The molecule has 1 atom stereocenters. The summed E-state index contributed by atoms with van der Waals surface area (Å²) in [5.41, 5.74) is 5.68. The van der Waals surface area contributed by atoms with Gasteiger partial charge in [0, 0.05) is 5.92 Å². The van der Waals surface area contributed by atoms with Crippen molar-refractivity contribution in [1.29, 1.82) is 0 Å². The zero-order valence-electron chi connectivity index (χ0n) is 10.9. The van der Waals surface area contributed by atoms with Gasteiger partial charge in [0.05, 0.1) is 11.0 Å². The Labute approximate surface area is 110 Å². The minimum Gasteiger partial charge on any atom is -0.392 e. The molecular weight excluding hydrogens is 232 g/mol. The Morgan fingerprint density at radius 1 is 1.35 bits per heavy atom. The van der Waals surface area contributed by atoms with Crippen molar-refractivity contribution in [3.63, 3.8) is 0 Å². The molecular formula is C13H24N2OS. The zero-order valence-corrected chi connectivity index (χ0v) is 11.7. The fourth-order valence-corrected chi connectivity index (χ4v) is 2.53. The van der Waals surface area contributed by atoms with E-state index in [0.717, 1.165) is 19.3 Å². The number of carbonyl (C=O) groups is 1. The molecule has 0 aliphatic heterocycles. The molecule has 0 heterocycles. The van der Waals surface area contributed by atoms with Crippen LogP contribution < -0.4 is 11.1 Å². The molecule has 3 N–H and O–H groups in total. The third kappa shape index (κ3) is 5.02. The first-order valence-electron chi connectivity index (χ1n) is 6.60. The predicted octanol–water partition coefficient (Wildman–Crippen LogP) is 2.38. The van der Waals surface area contributed by atoms with Crippen molar-refractivity contribution in [2.75, 3.05) is 0 Å². The fourth-order valence-electron chi connectivity index (χ4n) is 2.37. The molecule has 4 heteroatoms. The number of nitrogens with one attached hydrogen (secondary N) is 1. The summed E-state index contributed by atoms with van der Waals surface area (Å²) in [6, 6.07) is -0.139. The number of thiocarbonyl (C=S) groups is 1. The van der Waals surface area contributed by atoms with Crippen LogP contribution in [0.2, 0.25) is 0 Å². The summed E-state index contributed by atoms with van der Waals surface area (Å²) in [6.45, 7) is 4.22. The van der Waals surface area contributed by atoms with E-state index >= 15 is 0 Å². The predicted molar refractivity (Wildman–Crippen MR) is 74.7 cm³/mol. The van der Waals surface area contributed by atoms with E-state index in [2.05, 4.69) is 19.2 Å². The van der Waals surface area contributed by atoms with Gasteiger partial charge in [0.25, 0.3) is 0 Å². The van der Waals surface area contributed by atoms with Crippen molar-refractivity contribution in [1.82, 2.24) is 5.32 Å². The molecule has 0 radical (unpaired) electrons. The second-order valence-corrected chi connectivity index (χ2v) is 5.90. The van der Waals surface area contributed by atoms with Crippen LogP contribution in [0.5, 0.6) is 0 Å². The number of hydrogen-bond acceptors (Lipinski definition) is 2. The lowest BCUT2D eigenvalue weighted by Crippen LogP contribution is -2.46. The number of amides is 1. The third-order valence-corrected chi connectivity index (χ3v) is 3.63. The van der Waals surface area contributed by atoms with E-state index in [-0.39, 0.29) is 17.9 Å². The van der Waals surface area contributed by atoms with Crippen LogP contribution in [0.1, 0.15) is 52.4 Å². The van der Waals surface area contributed by atoms with Gasteiger partial charge in [-0.3, -0.25) is 4.79 Å². The van der Waals surface area contributed by atoms with Crippen LogP contribution in [0.3, 0.4) is 0 Å². The summed E-state index contributed by atoms with van der Waals surface area (Å²) < 4.78 is 0. The van der Waals surface area contributed by atoms with Gasteiger partial charge in [0.2, 0.25) is 5.91 Å². The number of carbonyl (C=O) groups excluding carboxylic acids is 1.